The molecule has 2 unspecified atom stereocenters. The summed E-state index contributed by atoms with van der Waals surface area (Å²) >= 11 is 3.53. The SMILES string of the molecule is Cc1ccc(NCC(=O)N2C(C)CCCC2C)c(Br)c1. The van der Waals surface area contributed by atoms with Gasteiger partial charge in [-0.15, -0.1) is 0 Å². The Morgan fingerprint density at radius 1 is 1.35 bits per heavy atom. The Morgan fingerprint density at radius 2 is 2.00 bits per heavy atom. The number of carbonyl (C=O) groups is 1. The number of hydrogen-bond acceptors (Lipinski definition) is 2. The molecule has 1 amide bonds. The lowest BCUT2D eigenvalue weighted by molar-refractivity contribution is -0.135. The molecular formula is C16H23BrN2O. The molecule has 2 atom stereocenters. The lowest BCUT2D eigenvalue weighted by Crippen LogP contribution is -2.49. The number of likely N-dealkylation sites (tertiary alicyclic amines) is 1. The van der Waals surface area contributed by atoms with Crippen molar-refractivity contribution in [1.29, 1.82) is 0 Å². The summed E-state index contributed by atoms with van der Waals surface area (Å²) in [5.74, 6) is 0.192. The van der Waals surface area contributed by atoms with E-state index in [0.29, 0.717) is 18.6 Å². The van der Waals surface area contributed by atoms with Gasteiger partial charge in [-0.2, -0.15) is 0 Å². The molecule has 0 aromatic heterocycles. The molecule has 1 fully saturated rings. The number of rotatable bonds is 3. The van der Waals surface area contributed by atoms with E-state index in [4.69, 9.17) is 0 Å². The first-order chi connectivity index (χ1) is 9.49. The summed E-state index contributed by atoms with van der Waals surface area (Å²) in [6.07, 6.45) is 3.46. The Balaban J connectivity index is 1.97. The molecule has 1 heterocycles. The van der Waals surface area contributed by atoms with Gasteiger partial charge in [0.2, 0.25) is 5.91 Å². The molecule has 110 valence electrons. The van der Waals surface area contributed by atoms with Crippen molar-refractivity contribution in [2.24, 2.45) is 0 Å². The van der Waals surface area contributed by atoms with Gasteiger partial charge in [0.25, 0.3) is 0 Å². The third kappa shape index (κ3) is 3.54. The molecule has 1 aromatic rings. The van der Waals surface area contributed by atoms with Crippen molar-refractivity contribution in [2.45, 2.75) is 52.1 Å². The van der Waals surface area contributed by atoms with E-state index in [0.717, 1.165) is 23.0 Å². The third-order valence-corrected chi connectivity index (χ3v) is 4.69. The summed E-state index contributed by atoms with van der Waals surface area (Å²) in [6, 6.07) is 6.82. The second kappa shape index (κ2) is 6.61. The van der Waals surface area contributed by atoms with E-state index in [1.165, 1.54) is 12.0 Å². The standard InChI is InChI=1S/C16H23BrN2O/c1-11-7-8-15(14(17)9-11)18-10-16(20)19-12(2)5-4-6-13(19)3/h7-9,12-13,18H,4-6,10H2,1-3H3. The summed E-state index contributed by atoms with van der Waals surface area (Å²) < 4.78 is 1.00. The first kappa shape index (κ1) is 15.4. The Labute approximate surface area is 129 Å². The second-order valence-corrected chi connectivity index (χ2v) is 6.62. The molecule has 2 rings (SSSR count). The Kier molecular flexibility index (Phi) is 5.08. The molecule has 0 saturated carbocycles. The summed E-state index contributed by atoms with van der Waals surface area (Å²) in [5, 5.41) is 3.24. The van der Waals surface area contributed by atoms with Gasteiger partial charge in [0, 0.05) is 22.2 Å². The number of piperidine rings is 1. The highest BCUT2D eigenvalue weighted by atomic mass is 79.9. The highest BCUT2D eigenvalue weighted by Crippen LogP contribution is 2.25. The van der Waals surface area contributed by atoms with E-state index >= 15 is 0 Å². The predicted molar refractivity (Wildman–Crippen MR) is 87.0 cm³/mol. The molecular weight excluding hydrogens is 316 g/mol. The van der Waals surface area contributed by atoms with Crippen LogP contribution in [-0.2, 0) is 4.79 Å². The van der Waals surface area contributed by atoms with Crippen molar-refractivity contribution in [3.05, 3.63) is 28.2 Å². The Morgan fingerprint density at radius 3 is 2.60 bits per heavy atom. The van der Waals surface area contributed by atoms with Gasteiger partial charge in [0.15, 0.2) is 0 Å². The average molecular weight is 339 g/mol. The zero-order valence-corrected chi connectivity index (χ0v) is 14.0. The van der Waals surface area contributed by atoms with Crippen molar-refractivity contribution in [2.75, 3.05) is 11.9 Å². The molecule has 1 aromatic carbocycles. The smallest absolute Gasteiger partial charge is 0.242 e. The molecule has 4 heteroatoms. The van der Waals surface area contributed by atoms with E-state index in [2.05, 4.69) is 48.1 Å². The first-order valence-electron chi connectivity index (χ1n) is 7.30. The van der Waals surface area contributed by atoms with Gasteiger partial charge >= 0.3 is 0 Å². The molecule has 3 nitrogen and oxygen atoms in total. The quantitative estimate of drug-likeness (QED) is 0.904. The van der Waals surface area contributed by atoms with Crippen LogP contribution in [-0.4, -0.2) is 29.4 Å². The van der Waals surface area contributed by atoms with Gasteiger partial charge in [-0.25, -0.2) is 0 Å². The fourth-order valence-electron chi connectivity index (χ4n) is 2.94. The largest absolute Gasteiger partial charge is 0.375 e. The van der Waals surface area contributed by atoms with Gasteiger partial charge in [-0.05, 0) is 73.7 Å². The Bertz CT molecular complexity index is 479. The zero-order chi connectivity index (χ0) is 14.7. The van der Waals surface area contributed by atoms with Crippen LogP contribution < -0.4 is 5.32 Å². The summed E-state index contributed by atoms with van der Waals surface area (Å²) in [5.41, 5.74) is 2.17. The number of carbonyl (C=O) groups excluding carboxylic acids is 1. The minimum Gasteiger partial charge on any atom is -0.375 e. The number of anilines is 1. The van der Waals surface area contributed by atoms with E-state index in [9.17, 15) is 4.79 Å². The van der Waals surface area contributed by atoms with Crippen LogP contribution in [0.1, 0.15) is 38.7 Å². The number of aryl methyl sites for hydroxylation is 1. The van der Waals surface area contributed by atoms with E-state index in [-0.39, 0.29) is 5.91 Å². The predicted octanol–water partition coefficient (Wildman–Crippen LogP) is 3.96. The second-order valence-electron chi connectivity index (χ2n) is 5.77. The summed E-state index contributed by atoms with van der Waals surface area (Å²) in [6.45, 7) is 6.71. The van der Waals surface area contributed by atoms with Crippen LogP contribution in [0.4, 0.5) is 5.69 Å². The number of amides is 1. The molecule has 1 aliphatic heterocycles. The molecule has 0 radical (unpaired) electrons. The lowest BCUT2D eigenvalue weighted by atomic mass is 9.97. The monoisotopic (exact) mass is 338 g/mol. The van der Waals surface area contributed by atoms with Crippen molar-refractivity contribution < 1.29 is 4.79 Å². The Hall–Kier alpha value is -1.03. The van der Waals surface area contributed by atoms with Gasteiger partial charge in [0.05, 0.1) is 6.54 Å². The van der Waals surface area contributed by atoms with Crippen molar-refractivity contribution >= 4 is 27.5 Å². The third-order valence-electron chi connectivity index (χ3n) is 4.04. The summed E-state index contributed by atoms with van der Waals surface area (Å²) in [4.78, 5) is 14.5. The number of hydrogen-bond donors (Lipinski definition) is 1. The van der Waals surface area contributed by atoms with Gasteiger partial charge in [-0.1, -0.05) is 6.07 Å². The van der Waals surface area contributed by atoms with Gasteiger partial charge in [0.1, 0.15) is 0 Å². The van der Waals surface area contributed by atoms with Crippen molar-refractivity contribution in [3.8, 4) is 0 Å². The normalized spacial score (nSPS) is 22.7. The van der Waals surface area contributed by atoms with E-state index in [1.54, 1.807) is 0 Å². The topological polar surface area (TPSA) is 32.3 Å². The van der Waals surface area contributed by atoms with Crippen LogP contribution in [0.5, 0.6) is 0 Å². The highest BCUT2D eigenvalue weighted by molar-refractivity contribution is 9.10. The number of nitrogens with zero attached hydrogens (tertiary/aromatic N) is 1. The molecule has 0 aliphatic carbocycles. The van der Waals surface area contributed by atoms with Crippen LogP contribution in [0, 0.1) is 6.92 Å². The van der Waals surface area contributed by atoms with Gasteiger partial charge < -0.3 is 10.2 Å². The lowest BCUT2D eigenvalue weighted by Gasteiger charge is -2.39. The molecule has 0 spiro atoms. The minimum absolute atomic E-state index is 0.192. The van der Waals surface area contributed by atoms with Crippen LogP contribution in [0.25, 0.3) is 0 Å². The van der Waals surface area contributed by atoms with Gasteiger partial charge in [-0.3, -0.25) is 4.79 Å². The fourth-order valence-corrected chi connectivity index (χ4v) is 3.57. The summed E-state index contributed by atoms with van der Waals surface area (Å²) in [7, 11) is 0. The average Bonchev–Trinajstić information content (AvgIpc) is 2.37. The minimum atomic E-state index is 0.192. The molecule has 0 bridgehead atoms. The number of halogens is 1. The van der Waals surface area contributed by atoms with Crippen molar-refractivity contribution in [3.63, 3.8) is 0 Å². The maximum Gasteiger partial charge on any atom is 0.242 e. The molecule has 1 N–H and O–H groups in total. The first-order valence-corrected chi connectivity index (χ1v) is 8.09. The van der Waals surface area contributed by atoms with E-state index < -0.39 is 0 Å². The fraction of sp³-hybridized carbons (Fsp3) is 0.562. The number of nitrogens with one attached hydrogen (secondary N) is 1. The molecule has 20 heavy (non-hydrogen) atoms. The molecule has 1 aliphatic rings. The zero-order valence-electron chi connectivity index (χ0n) is 12.4. The number of benzene rings is 1. The van der Waals surface area contributed by atoms with Crippen LogP contribution in [0.3, 0.4) is 0 Å². The van der Waals surface area contributed by atoms with Crippen LogP contribution in [0.2, 0.25) is 0 Å². The van der Waals surface area contributed by atoms with Crippen LogP contribution in [0.15, 0.2) is 22.7 Å². The highest BCUT2D eigenvalue weighted by Gasteiger charge is 2.28. The van der Waals surface area contributed by atoms with Crippen molar-refractivity contribution in [1.82, 2.24) is 4.90 Å². The van der Waals surface area contributed by atoms with E-state index in [1.807, 2.05) is 17.0 Å². The maximum atomic E-state index is 12.4. The molecule has 1 saturated heterocycles. The maximum absolute atomic E-state index is 12.4. The van der Waals surface area contributed by atoms with Crippen LogP contribution >= 0.6 is 15.9 Å².